The average molecular weight is 364 g/mol. The molecule has 0 aliphatic heterocycles. The van der Waals surface area contributed by atoms with Crippen LogP contribution in [0, 0.1) is 6.92 Å². The van der Waals surface area contributed by atoms with Gasteiger partial charge >= 0.3 is 0 Å². The molecule has 0 aliphatic carbocycles. The van der Waals surface area contributed by atoms with Crippen molar-refractivity contribution in [3.63, 3.8) is 0 Å². The Hall–Kier alpha value is -2.22. The quantitative estimate of drug-likeness (QED) is 0.721. The van der Waals surface area contributed by atoms with Crippen LogP contribution in [0.2, 0.25) is 0 Å². The molecule has 26 heavy (non-hydrogen) atoms. The van der Waals surface area contributed by atoms with Crippen molar-refractivity contribution in [1.82, 2.24) is 9.97 Å². The lowest BCUT2D eigenvalue weighted by Gasteiger charge is -2.16. The summed E-state index contributed by atoms with van der Waals surface area (Å²) in [4.78, 5) is 8.23. The number of methoxy groups -OCH3 is 2. The number of ether oxygens (including phenoxy) is 4. The summed E-state index contributed by atoms with van der Waals surface area (Å²) in [5.41, 5.74) is 1.09. The van der Waals surface area contributed by atoms with Crippen molar-refractivity contribution in [3.05, 3.63) is 48.0 Å². The first kappa shape index (κ1) is 21.8. The summed E-state index contributed by atoms with van der Waals surface area (Å²) in [7, 11) is 3.15. The van der Waals surface area contributed by atoms with E-state index in [1.807, 2.05) is 31.2 Å². The second-order valence-corrected chi connectivity index (χ2v) is 6.21. The Balaban J connectivity index is 0.000000273. The zero-order valence-corrected chi connectivity index (χ0v) is 16.1. The van der Waals surface area contributed by atoms with Gasteiger partial charge in [-0.25, -0.2) is 0 Å². The molecule has 2 heterocycles. The molecule has 144 valence electrons. The molecule has 1 N–H and O–H groups in total. The van der Waals surface area contributed by atoms with E-state index in [9.17, 15) is 5.11 Å². The number of hydrogen-bond acceptors (Lipinski definition) is 7. The molecule has 0 saturated heterocycles. The normalized spacial score (nSPS) is 10.7. The van der Waals surface area contributed by atoms with Crippen LogP contribution in [0.25, 0.3) is 0 Å². The molecule has 0 bridgehead atoms. The minimum Gasteiger partial charge on any atom is -0.466 e. The zero-order valence-electron chi connectivity index (χ0n) is 16.1. The fourth-order valence-corrected chi connectivity index (χ4v) is 1.84. The molecule has 0 saturated carbocycles. The third kappa shape index (κ3) is 9.93. The molecule has 0 radical (unpaired) electrons. The highest BCUT2D eigenvalue weighted by Crippen LogP contribution is 2.14. The summed E-state index contributed by atoms with van der Waals surface area (Å²) in [6.45, 7) is 5.92. The molecule has 0 amide bonds. The molecule has 2 rings (SSSR count). The van der Waals surface area contributed by atoms with E-state index in [2.05, 4.69) is 9.97 Å². The van der Waals surface area contributed by atoms with Crippen molar-refractivity contribution in [2.75, 3.05) is 27.8 Å². The Morgan fingerprint density at radius 2 is 1.42 bits per heavy atom. The van der Waals surface area contributed by atoms with Gasteiger partial charge in [0.25, 0.3) is 0 Å². The van der Waals surface area contributed by atoms with Crippen molar-refractivity contribution in [2.45, 2.75) is 32.8 Å². The monoisotopic (exact) mass is 364 g/mol. The number of aryl methyl sites for hydroxylation is 1. The summed E-state index contributed by atoms with van der Waals surface area (Å²) in [5.74, 6) is 1.40. The predicted molar refractivity (Wildman–Crippen MR) is 98.2 cm³/mol. The molecule has 2 aromatic heterocycles. The van der Waals surface area contributed by atoms with Gasteiger partial charge in [0.1, 0.15) is 11.5 Å². The number of rotatable bonds is 8. The highest BCUT2D eigenvalue weighted by molar-refractivity contribution is 5.20. The van der Waals surface area contributed by atoms with Crippen LogP contribution in [0.5, 0.6) is 11.5 Å². The van der Waals surface area contributed by atoms with Crippen LogP contribution in [-0.2, 0) is 15.9 Å². The minimum absolute atomic E-state index is 0.215. The van der Waals surface area contributed by atoms with E-state index >= 15 is 0 Å². The summed E-state index contributed by atoms with van der Waals surface area (Å²) < 4.78 is 19.8. The number of nitrogens with zero attached hydrogens (tertiary/aromatic N) is 2. The summed E-state index contributed by atoms with van der Waals surface area (Å²) in [5, 5.41) is 9.59. The number of hydrogen-bond donors (Lipinski definition) is 1. The zero-order chi connectivity index (χ0) is 19.4. The Morgan fingerprint density at radius 3 is 1.81 bits per heavy atom. The summed E-state index contributed by atoms with van der Waals surface area (Å²) in [6, 6.07) is 7.41. The largest absolute Gasteiger partial charge is 0.466 e. The van der Waals surface area contributed by atoms with Crippen LogP contribution < -0.4 is 9.47 Å². The molecular weight excluding hydrogens is 336 g/mol. The maximum absolute atomic E-state index is 9.59. The molecule has 0 unspecified atom stereocenters. The first-order valence-corrected chi connectivity index (χ1v) is 8.17. The van der Waals surface area contributed by atoms with Crippen molar-refractivity contribution in [3.8, 4) is 11.5 Å². The van der Waals surface area contributed by atoms with Crippen LogP contribution in [-0.4, -0.2) is 48.5 Å². The van der Waals surface area contributed by atoms with Gasteiger partial charge in [0, 0.05) is 32.0 Å². The Morgan fingerprint density at radius 1 is 0.885 bits per heavy atom. The van der Waals surface area contributed by atoms with E-state index in [1.54, 1.807) is 40.5 Å². The fraction of sp³-hybridized carbons (Fsp3) is 0.474. The number of pyridine rings is 2. The number of aromatic nitrogens is 2. The third-order valence-corrected chi connectivity index (χ3v) is 2.98. The van der Waals surface area contributed by atoms with E-state index in [0.29, 0.717) is 12.2 Å². The van der Waals surface area contributed by atoms with Crippen molar-refractivity contribution < 1.29 is 24.1 Å². The van der Waals surface area contributed by atoms with Gasteiger partial charge in [-0.2, -0.15) is 0 Å². The lowest BCUT2D eigenvalue weighted by molar-refractivity contribution is 0.0506. The van der Waals surface area contributed by atoms with E-state index < -0.39 is 5.60 Å². The minimum atomic E-state index is -0.734. The highest BCUT2D eigenvalue weighted by atomic mass is 16.7. The Kier molecular flexibility index (Phi) is 9.57. The highest BCUT2D eigenvalue weighted by Gasteiger charge is 2.14. The van der Waals surface area contributed by atoms with Crippen molar-refractivity contribution >= 4 is 0 Å². The van der Waals surface area contributed by atoms with Gasteiger partial charge in [0.05, 0.1) is 18.0 Å². The Labute approximate surface area is 154 Å². The van der Waals surface area contributed by atoms with Gasteiger partial charge in [-0.1, -0.05) is 0 Å². The molecule has 0 spiro atoms. The molecular formula is C19H28N2O5. The van der Waals surface area contributed by atoms with Gasteiger partial charge < -0.3 is 24.1 Å². The Bertz CT molecular complexity index is 609. The molecule has 0 aliphatic rings. The third-order valence-electron chi connectivity index (χ3n) is 2.98. The second-order valence-electron chi connectivity index (χ2n) is 6.21. The van der Waals surface area contributed by atoms with E-state index in [4.69, 9.17) is 18.9 Å². The van der Waals surface area contributed by atoms with E-state index in [-0.39, 0.29) is 13.6 Å². The molecule has 0 fully saturated rings. The van der Waals surface area contributed by atoms with E-state index in [1.165, 1.54) is 0 Å². The maximum atomic E-state index is 9.59. The first-order valence-electron chi connectivity index (χ1n) is 8.17. The molecule has 2 aromatic rings. The predicted octanol–water partition coefficient (Wildman–Crippen LogP) is 2.75. The topological polar surface area (TPSA) is 82.9 Å². The van der Waals surface area contributed by atoms with Gasteiger partial charge in [0.2, 0.25) is 0 Å². The van der Waals surface area contributed by atoms with Crippen LogP contribution >= 0.6 is 0 Å². The average Bonchev–Trinajstić information content (AvgIpc) is 2.60. The van der Waals surface area contributed by atoms with Gasteiger partial charge in [-0.3, -0.25) is 9.97 Å². The lowest BCUT2D eigenvalue weighted by Crippen LogP contribution is -2.22. The second kappa shape index (κ2) is 11.4. The maximum Gasteiger partial charge on any atom is 0.188 e. The van der Waals surface area contributed by atoms with Crippen LogP contribution in [0.3, 0.4) is 0 Å². The first-order chi connectivity index (χ1) is 12.3. The van der Waals surface area contributed by atoms with Crippen LogP contribution in [0.1, 0.15) is 25.2 Å². The SMILES string of the molecule is COCOc1ccc(C)nc1.COCOc1ccc(CC(C)(C)O)nc1. The molecule has 0 atom stereocenters. The number of aliphatic hydroxyl groups is 1. The molecule has 7 heteroatoms. The van der Waals surface area contributed by atoms with Gasteiger partial charge in [-0.05, 0) is 45.0 Å². The van der Waals surface area contributed by atoms with Crippen LogP contribution in [0.15, 0.2) is 36.7 Å². The summed E-state index contributed by atoms with van der Waals surface area (Å²) >= 11 is 0. The molecule has 0 aromatic carbocycles. The fourth-order valence-electron chi connectivity index (χ4n) is 1.84. The van der Waals surface area contributed by atoms with Crippen molar-refractivity contribution in [2.24, 2.45) is 0 Å². The lowest BCUT2D eigenvalue weighted by atomic mass is 10.0. The smallest absolute Gasteiger partial charge is 0.188 e. The van der Waals surface area contributed by atoms with Gasteiger partial charge in [0.15, 0.2) is 13.6 Å². The summed E-state index contributed by atoms with van der Waals surface area (Å²) in [6.07, 6.45) is 3.83. The van der Waals surface area contributed by atoms with E-state index in [0.717, 1.165) is 17.1 Å². The molecule has 7 nitrogen and oxygen atoms in total. The van der Waals surface area contributed by atoms with Crippen molar-refractivity contribution in [1.29, 1.82) is 0 Å². The van der Waals surface area contributed by atoms with Crippen LogP contribution in [0.4, 0.5) is 0 Å². The standard InChI is InChI=1S/C11H17NO3.C8H11NO2/c1-11(2,13)6-9-4-5-10(7-12-9)15-8-14-3;1-7-3-4-8(5-9-7)11-6-10-2/h4-5,7,13H,6,8H2,1-3H3;3-5H,6H2,1-2H3. The van der Waals surface area contributed by atoms with Gasteiger partial charge in [-0.15, -0.1) is 0 Å².